The van der Waals surface area contributed by atoms with E-state index in [-0.39, 0.29) is 16.6 Å². The van der Waals surface area contributed by atoms with E-state index in [1.165, 1.54) is 0 Å². The van der Waals surface area contributed by atoms with Crippen molar-refractivity contribution in [3.63, 3.8) is 0 Å². The molecular formula is C23H30O3. The molecule has 2 aromatic carbocycles. The van der Waals surface area contributed by atoms with E-state index in [1.807, 2.05) is 48.5 Å². The van der Waals surface area contributed by atoms with Crippen LogP contribution in [0.5, 0.6) is 11.5 Å². The molecule has 0 unspecified atom stereocenters. The quantitative estimate of drug-likeness (QED) is 0.618. The third kappa shape index (κ3) is 6.55. The molecule has 0 aromatic heterocycles. The molecule has 2 aromatic rings. The Morgan fingerprint density at radius 1 is 0.654 bits per heavy atom. The number of carbonyl (C=O) groups is 1. The van der Waals surface area contributed by atoms with Gasteiger partial charge in [-0.1, -0.05) is 41.5 Å². The highest BCUT2D eigenvalue weighted by Gasteiger charge is 2.14. The van der Waals surface area contributed by atoms with Gasteiger partial charge in [-0.05, 0) is 59.4 Å². The first kappa shape index (κ1) is 20.0. The topological polar surface area (TPSA) is 35.5 Å². The van der Waals surface area contributed by atoms with Gasteiger partial charge in [0.1, 0.15) is 11.5 Å². The molecule has 0 saturated carbocycles. The molecular weight excluding hydrogens is 324 g/mol. The zero-order valence-electron chi connectivity index (χ0n) is 16.8. The van der Waals surface area contributed by atoms with E-state index in [1.54, 1.807) is 0 Å². The summed E-state index contributed by atoms with van der Waals surface area (Å²) in [6.45, 7) is 14.0. The largest absolute Gasteiger partial charge is 0.493 e. The number of benzene rings is 2. The molecule has 0 fully saturated rings. The molecule has 0 aliphatic rings. The highest BCUT2D eigenvalue weighted by atomic mass is 16.5. The van der Waals surface area contributed by atoms with Crippen LogP contribution in [0.4, 0.5) is 0 Å². The fourth-order valence-electron chi connectivity index (χ4n) is 2.17. The van der Waals surface area contributed by atoms with Gasteiger partial charge in [-0.15, -0.1) is 0 Å². The zero-order valence-corrected chi connectivity index (χ0v) is 16.8. The lowest BCUT2D eigenvalue weighted by molar-refractivity contribution is 0.103. The molecule has 0 amide bonds. The number of ketones is 1. The SMILES string of the molecule is CC(C)(C)COc1ccc(C(=O)c2ccc(OCC(C)(C)C)cc2)cc1. The molecule has 0 atom stereocenters. The second-order valence-corrected chi connectivity index (χ2v) is 9.08. The Bertz CT molecular complexity index is 651. The molecule has 140 valence electrons. The molecule has 0 N–H and O–H groups in total. The van der Waals surface area contributed by atoms with Crippen LogP contribution in [0.25, 0.3) is 0 Å². The van der Waals surface area contributed by atoms with Crippen LogP contribution in [0.1, 0.15) is 57.5 Å². The minimum absolute atomic E-state index is 0.00487. The number of carbonyl (C=O) groups excluding carboxylic acids is 1. The molecule has 0 spiro atoms. The van der Waals surface area contributed by atoms with Gasteiger partial charge in [-0.25, -0.2) is 0 Å². The summed E-state index contributed by atoms with van der Waals surface area (Å²) in [5.74, 6) is 1.56. The fraction of sp³-hybridized carbons (Fsp3) is 0.435. The lowest BCUT2D eigenvalue weighted by Crippen LogP contribution is -2.17. The Balaban J connectivity index is 2.00. The fourth-order valence-corrected chi connectivity index (χ4v) is 2.17. The normalized spacial score (nSPS) is 11.9. The van der Waals surface area contributed by atoms with E-state index in [0.717, 1.165) is 11.5 Å². The van der Waals surface area contributed by atoms with Crippen LogP contribution >= 0.6 is 0 Å². The van der Waals surface area contributed by atoms with Gasteiger partial charge < -0.3 is 9.47 Å². The maximum atomic E-state index is 12.6. The van der Waals surface area contributed by atoms with Crippen LogP contribution in [0.2, 0.25) is 0 Å². The first-order valence-corrected chi connectivity index (χ1v) is 9.04. The zero-order chi connectivity index (χ0) is 19.4. The summed E-state index contributed by atoms with van der Waals surface area (Å²) in [5.41, 5.74) is 1.50. The predicted octanol–water partition coefficient (Wildman–Crippen LogP) is 5.77. The minimum atomic E-state index is -0.00487. The number of hydrogen-bond donors (Lipinski definition) is 0. The average molecular weight is 354 g/mol. The monoisotopic (exact) mass is 354 g/mol. The molecule has 3 heteroatoms. The lowest BCUT2D eigenvalue weighted by atomic mass is 9.98. The summed E-state index contributed by atoms with van der Waals surface area (Å²) < 4.78 is 11.5. The van der Waals surface area contributed by atoms with E-state index in [0.29, 0.717) is 24.3 Å². The van der Waals surface area contributed by atoms with Crippen LogP contribution < -0.4 is 9.47 Å². The summed E-state index contributed by atoms with van der Waals surface area (Å²) >= 11 is 0. The Morgan fingerprint density at radius 3 is 1.23 bits per heavy atom. The van der Waals surface area contributed by atoms with Crippen molar-refractivity contribution in [2.24, 2.45) is 10.8 Å². The average Bonchev–Trinajstić information content (AvgIpc) is 2.57. The van der Waals surface area contributed by atoms with Gasteiger partial charge in [0.05, 0.1) is 13.2 Å². The van der Waals surface area contributed by atoms with Crippen LogP contribution in [0.3, 0.4) is 0 Å². The third-order valence-corrected chi connectivity index (χ3v) is 3.58. The molecule has 3 nitrogen and oxygen atoms in total. The Labute approximate surface area is 157 Å². The van der Waals surface area contributed by atoms with E-state index < -0.39 is 0 Å². The first-order chi connectivity index (χ1) is 12.0. The Morgan fingerprint density at radius 2 is 0.962 bits per heavy atom. The summed E-state index contributed by atoms with van der Waals surface area (Å²) in [6.07, 6.45) is 0. The van der Waals surface area contributed by atoms with E-state index >= 15 is 0 Å². The maximum Gasteiger partial charge on any atom is 0.193 e. The van der Waals surface area contributed by atoms with Crippen LogP contribution in [0, 0.1) is 10.8 Å². The van der Waals surface area contributed by atoms with Gasteiger partial charge in [0.25, 0.3) is 0 Å². The van der Waals surface area contributed by atoms with Gasteiger partial charge in [-0.2, -0.15) is 0 Å². The van der Waals surface area contributed by atoms with Crippen molar-refractivity contribution in [1.82, 2.24) is 0 Å². The summed E-state index contributed by atoms with van der Waals surface area (Å²) in [4.78, 5) is 12.6. The number of rotatable bonds is 6. The molecule has 0 aliphatic carbocycles. The second kappa shape index (κ2) is 7.94. The van der Waals surface area contributed by atoms with Crippen molar-refractivity contribution >= 4 is 5.78 Å². The van der Waals surface area contributed by atoms with E-state index in [9.17, 15) is 4.79 Å². The van der Waals surface area contributed by atoms with E-state index in [4.69, 9.17) is 9.47 Å². The van der Waals surface area contributed by atoms with Crippen LogP contribution in [-0.2, 0) is 0 Å². The Kier molecular flexibility index (Phi) is 6.12. The van der Waals surface area contributed by atoms with Gasteiger partial charge in [0.2, 0.25) is 0 Å². The standard InChI is InChI=1S/C23H30O3/c1-22(2,3)15-25-19-11-7-17(8-12-19)21(24)18-9-13-20(14-10-18)26-16-23(4,5)6/h7-14H,15-16H2,1-6H3. The summed E-state index contributed by atoms with van der Waals surface area (Å²) in [5, 5.41) is 0. The molecule has 26 heavy (non-hydrogen) atoms. The van der Waals surface area contributed by atoms with Gasteiger partial charge >= 0.3 is 0 Å². The molecule has 0 heterocycles. The van der Waals surface area contributed by atoms with Crippen molar-refractivity contribution in [3.05, 3.63) is 59.7 Å². The molecule has 0 bridgehead atoms. The third-order valence-electron chi connectivity index (χ3n) is 3.58. The van der Waals surface area contributed by atoms with Gasteiger partial charge in [-0.3, -0.25) is 4.79 Å². The van der Waals surface area contributed by atoms with Crippen LogP contribution in [-0.4, -0.2) is 19.0 Å². The summed E-state index contributed by atoms with van der Waals surface area (Å²) in [7, 11) is 0. The first-order valence-electron chi connectivity index (χ1n) is 9.04. The molecule has 0 radical (unpaired) electrons. The van der Waals surface area contributed by atoms with Crippen molar-refractivity contribution in [1.29, 1.82) is 0 Å². The van der Waals surface area contributed by atoms with Crippen molar-refractivity contribution in [2.45, 2.75) is 41.5 Å². The van der Waals surface area contributed by atoms with E-state index in [2.05, 4.69) is 41.5 Å². The smallest absolute Gasteiger partial charge is 0.193 e. The van der Waals surface area contributed by atoms with Crippen molar-refractivity contribution < 1.29 is 14.3 Å². The molecule has 0 aliphatic heterocycles. The minimum Gasteiger partial charge on any atom is -0.493 e. The highest BCUT2D eigenvalue weighted by molar-refractivity contribution is 6.09. The predicted molar refractivity (Wildman–Crippen MR) is 106 cm³/mol. The lowest BCUT2D eigenvalue weighted by Gasteiger charge is -2.19. The van der Waals surface area contributed by atoms with Crippen molar-refractivity contribution in [3.8, 4) is 11.5 Å². The van der Waals surface area contributed by atoms with Gasteiger partial charge in [0, 0.05) is 11.1 Å². The highest BCUT2D eigenvalue weighted by Crippen LogP contribution is 2.21. The van der Waals surface area contributed by atoms with Crippen molar-refractivity contribution in [2.75, 3.05) is 13.2 Å². The van der Waals surface area contributed by atoms with Gasteiger partial charge in [0.15, 0.2) is 5.78 Å². The number of hydrogen-bond acceptors (Lipinski definition) is 3. The van der Waals surface area contributed by atoms with Crippen LogP contribution in [0.15, 0.2) is 48.5 Å². The second-order valence-electron chi connectivity index (χ2n) is 9.08. The Hall–Kier alpha value is -2.29. The summed E-state index contributed by atoms with van der Waals surface area (Å²) in [6, 6.07) is 14.6. The number of ether oxygens (including phenoxy) is 2. The molecule has 2 rings (SSSR count). The molecule has 0 saturated heterocycles. The maximum absolute atomic E-state index is 12.6.